The van der Waals surface area contributed by atoms with Gasteiger partial charge in [-0.25, -0.2) is 0 Å². The predicted molar refractivity (Wildman–Crippen MR) is 60.3 cm³/mol. The van der Waals surface area contributed by atoms with Gasteiger partial charge >= 0.3 is 0 Å². The summed E-state index contributed by atoms with van der Waals surface area (Å²) in [6.45, 7) is 1.59. The monoisotopic (exact) mass is 213 g/mol. The number of nitrogens with two attached hydrogens (primary N) is 1. The average molecular weight is 214 g/mol. The number of aryl methyl sites for hydroxylation is 1. The molecule has 2 nitrogen and oxygen atoms in total. The van der Waals surface area contributed by atoms with E-state index in [1.54, 1.807) is 0 Å². The lowest BCUT2D eigenvalue weighted by Gasteiger charge is -2.17. The summed E-state index contributed by atoms with van der Waals surface area (Å²) in [5.74, 6) is 1.06. The van der Waals surface area contributed by atoms with Gasteiger partial charge in [-0.3, -0.25) is 0 Å². The van der Waals surface area contributed by atoms with E-state index in [0.29, 0.717) is 0 Å². The molecular formula is C11H16ClNO. The molecule has 1 heterocycles. The van der Waals surface area contributed by atoms with Gasteiger partial charge in [0.25, 0.3) is 0 Å². The molecule has 1 aliphatic rings. The molecular weight excluding hydrogens is 198 g/mol. The molecule has 3 heteroatoms. The molecule has 2 rings (SSSR count). The van der Waals surface area contributed by atoms with Crippen molar-refractivity contribution in [3.8, 4) is 5.75 Å². The Morgan fingerprint density at radius 2 is 2.21 bits per heavy atom. The molecule has 0 aromatic heterocycles. The molecule has 0 unspecified atom stereocenters. The van der Waals surface area contributed by atoms with Crippen LogP contribution < -0.4 is 10.5 Å². The summed E-state index contributed by atoms with van der Waals surface area (Å²) in [4.78, 5) is 0. The summed E-state index contributed by atoms with van der Waals surface area (Å²) in [5.41, 5.74) is 8.18. The quantitative estimate of drug-likeness (QED) is 0.815. The summed E-state index contributed by atoms with van der Waals surface area (Å²) < 4.78 is 5.53. The lowest BCUT2D eigenvalue weighted by molar-refractivity contribution is 0.288. The van der Waals surface area contributed by atoms with Crippen LogP contribution in [-0.4, -0.2) is 13.2 Å². The summed E-state index contributed by atoms with van der Waals surface area (Å²) in [5, 5.41) is 0. The van der Waals surface area contributed by atoms with Crippen LogP contribution in [0.4, 0.5) is 0 Å². The number of ether oxygens (including phenoxy) is 1. The van der Waals surface area contributed by atoms with Crippen LogP contribution in [-0.2, 0) is 12.8 Å². The maximum atomic E-state index is 5.53. The van der Waals surface area contributed by atoms with Crippen LogP contribution in [0, 0.1) is 0 Å². The highest BCUT2D eigenvalue weighted by Crippen LogP contribution is 2.25. The topological polar surface area (TPSA) is 35.2 Å². The summed E-state index contributed by atoms with van der Waals surface area (Å²) in [6, 6.07) is 6.40. The van der Waals surface area contributed by atoms with E-state index in [-0.39, 0.29) is 12.4 Å². The Morgan fingerprint density at radius 1 is 1.36 bits per heavy atom. The maximum Gasteiger partial charge on any atom is 0.122 e. The third-order valence-electron chi connectivity index (χ3n) is 2.41. The molecule has 14 heavy (non-hydrogen) atoms. The third kappa shape index (κ3) is 2.40. The Kier molecular flexibility index (Phi) is 4.23. The van der Waals surface area contributed by atoms with E-state index in [1.165, 1.54) is 11.1 Å². The molecule has 0 atom stereocenters. The Balaban J connectivity index is 0.000000980. The third-order valence-corrected chi connectivity index (χ3v) is 2.41. The molecule has 0 fully saturated rings. The van der Waals surface area contributed by atoms with Gasteiger partial charge in [0.2, 0.25) is 0 Å². The Labute approximate surface area is 90.9 Å². The molecule has 0 spiro atoms. The zero-order valence-electron chi connectivity index (χ0n) is 8.16. The van der Waals surface area contributed by atoms with Crippen LogP contribution in [0.25, 0.3) is 0 Å². The van der Waals surface area contributed by atoms with Crippen molar-refractivity contribution < 1.29 is 4.74 Å². The van der Waals surface area contributed by atoms with Gasteiger partial charge in [0.1, 0.15) is 5.75 Å². The highest BCUT2D eigenvalue weighted by atomic mass is 35.5. The first kappa shape index (κ1) is 11.3. The first-order chi connectivity index (χ1) is 6.40. The van der Waals surface area contributed by atoms with Crippen molar-refractivity contribution in [2.75, 3.05) is 13.2 Å². The number of hydrogen-bond acceptors (Lipinski definition) is 2. The van der Waals surface area contributed by atoms with E-state index in [4.69, 9.17) is 10.5 Å². The maximum absolute atomic E-state index is 5.53. The van der Waals surface area contributed by atoms with Gasteiger partial charge in [-0.15, -0.1) is 12.4 Å². The molecule has 78 valence electrons. The minimum Gasteiger partial charge on any atom is -0.493 e. The van der Waals surface area contributed by atoms with E-state index in [0.717, 1.165) is 38.2 Å². The largest absolute Gasteiger partial charge is 0.493 e. The zero-order chi connectivity index (χ0) is 9.10. The second-order valence-corrected chi connectivity index (χ2v) is 3.43. The fraction of sp³-hybridized carbons (Fsp3) is 0.455. The zero-order valence-corrected chi connectivity index (χ0v) is 8.98. The van der Waals surface area contributed by atoms with Crippen LogP contribution in [0.1, 0.15) is 17.5 Å². The van der Waals surface area contributed by atoms with Gasteiger partial charge in [-0.2, -0.15) is 0 Å². The molecule has 0 saturated heterocycles. The SMILES string of the molecule is Cl.NCCc1ccc2c(c1)CCCO2. The normalized spacial score (nSPS) is 13.8. The van der Waals surface area contributed by atoms with Crippen molar-refractivity contribution in [2.45, 2.75) is 19.3 Å². The average Bonchev–Trinajstić information content (AvgIpc) is 2.18. The van der Waals surface area contributed by atoms with Gasteiger partial charge in [0, 0.05) is 0 Å². The Morgan fingerprint density at radius 3 is 3.00 bits per heavy atom. The van der Waals surface area contributed by atoms with Crippen LogP contribution in [0.15, 0.2) is 18.2 Å². The molecule has 2 N–H and O–H groups in total. The van der Waals surface area contributed by atoms with Gasteiger partial charge in [-0.1, -0.05) is 12.1 Å². The van der Waals surface area contributed by atoms with Gasteiger partial charge in [0.05, 0.1) is 6.61 Å². The first-order valence-electron chi connectivity index (χ1n) is 4.85. The standard InChI is InChI=1S/C11H15NO.ClH/c12-6-5-9-3-4-11-10(8-9)2-1-7-13-11;/h3-4,8H,1-2,5-7,12H2;1H. The van der Waals surface area contributed by atoms with Crippen molar-refractivity contribution in [3.63, 3.8) is 0 Å². The summed E-state index contributed by atoms with van der Waals surface area (Å²) in [7, 11) is 0. The number of hydrogen-bond donors (Lipinski definition) is 1. The van der Waals surface area contributed by atoms with Crippen LogP contribution >= 0.6 is 12.4 Å². The number of fused-ring (bicyclic) bond motifs is 1. The van der Waals surface area contributed by atoms with Crippen LogP contribution in [0.3, 0.4) is 0 Å². The van der Waals surface area contributed by atoms with Crippen molar-refractivity contribution in [3.05, 3.63) is 29.3 Å². The van der Waals surface area contributed by atoms with E-state index < -0.39 is 0 Å². The van der Waals surface area contributed by atoms with Crippen molar-refractivity contribution in [1.29, 1.82) is 0 Å². The fourth-order valence-electron chi connectivity index (χ4n) is 1.74. The highest BCUT2D eigenvalue weighted by molar-refractivity contribution is 5.85. The molecule has 1 aliphatic heterocycles. The Hall–Kier alpha value is -0.730. The first-order valence-corrected chi connectivity index (χ1v) is 4.85. The van der Waals surface area contributed by atoms with Crippen molar-refractivity contribution in [2.24, 2.45) is 5.73 Å². The number of halogens is 1. The minimum atomic E-state index is 0. The van der Waals surface area contributed by atoms with Gasteiger partial charge in [0.15, 0.2) is 0 Å². The second-order valence-electron chi connectivity index (χ2n) is 3.43. The summed E-state index contributed by atoms with van der Waals surface area (Å²) >= 11 is 0. The molecule has 0 aliphatic carbocycles. The molecule has 0 saturated carbocycles. The van der Waals surface area contributed by atoms with Gasteiger partial charge in [-0.05, 0) is 43.0 Å². The second kappa shape index (κ2) is 5.23. The lowest BCUT2D eigenvalue weighted by atomic mass is 10.0. The Bertz CT molecular complexity index is 301. The molecule has 0 radical (unpaired) electrons. The molecule has 0 bridgehead atoms. The van der Waals surface area contributed by atoms with Crippen LogP contribution in [0.5, 0.6) is 5.75 Å². The van der Waals surface area contributed by atoms with E-state index in [1.807, 2.05) is 0 Å². The van der Waals surface area contributed by atoms with Crippen molar-refractivity contribution >= 4 is 12.4 Å². The molecule has 1 aromatic rings. The van der Waals surface area contributed by atoms with Gasteiger partial charge < -0.3 is 10.5 Å². The molecule has 1 aromatic carbocycles. The van der Waals surface area contributed by atoms with Crippen molar-refractivity contribution in [1.82, 2.24) is 0 Å². The highest BCUT2D eigenvalue weighted by Gasteiger charge is 2.09. The molecule has 0 amide bonds. The minimum absolute atomic E-state index is 0. The predicted octanol–water partition coefficient (Wildman–Crippen LogP) is 1.93. The van der Waals surface area contributed by atoms with E-state index in [2.05, 4.69) is 18.2 Å². The smallest absolute Gasteiger partial charge is 0.122 e. The fourth-order valence-corrected chi connectivity index (χ4v) is 1.74. The van der Waals surface area contributed by atoms with E-state index in [9.17, 15) is 0 Å². The number of rotatable bonds is 2. The lowest BCUT2D eigenvalue weighted by Crippen LogP contribution is -2.09. The van der Waals surface area contributed by atoms with Crippen LogP contribution in [0.2, 0.25) is 0 Å². The number of benzene rings is 1. The van der Waals surface area contributed by atoms with E-state index >= 15 is 0 Å². The summed E-state index contributed by atoms with van der Waals surface area (Å²) in [6.07, 6.45) is 3.25.